The molecule has 2 rings (SSSR count). The lowest BCUT2D eigenvalue weighted by Gasteiger charge is -2.10. The van der Waals surface area contributed by atoms with E-state index in [-0.39, 0.29) is 5.91 Å². The van der Waals surface area contributed by atoms with Gasteiger partial charge in [0.1, 0.15) is 0 Å². The summed E-state index contributed by atoms with van der Waals surface area (Å²) in [7, 11) is 0. The van der Waals surface area contributed by atoms with Crippen LogP contribution in [0.25, 0.3) is 0 Å². The van der Waals surface area contributed by atoms with Crippen molar-refractivity contribution in [1.82, 2.24) is 0 Å². The Morgan fingerprint density at radius 1 is 1.39 bits per heavy atom. The van der Waals surface area contributed by atoms with Crippen LogP contribution in [0.3, 0.4) is 0 Å². The van der Waals surface area contributed by atoms with Gasteiger partial charge in [-0.15, -0.1) is 0 Å². The summed E-state index contributed by atoms with van der Waals surface area (Å²) in [5.41, 5.74) is 7.12. The number of nitrogen functional groups attached to an aromatic ring is 1. The second-order valence-corrected chi connectivity index (χ2v) is 5.83. The van der Waals surface area contributed by atoms with Gasteiger partial charge in [0.15, 0.2) is 0 Å². The Labute approximate surface area is 116 Å². The summed E-state index contributed by atoms with van der Waals surface area (Å²) in [6.07, 6.45) is 6.84. The number of hydrogen-bond donors (Lipinski definition) is 2. The van der Waals surface area contributed by atoms with Crippen molar-refractivity contribution < 1.29 is 4.79 Å². The molecule has 1 fully saturated rings. The third kappa shape index (κ3) is 3.73. The molecule has 0 bridgehead atoms. The molecule has 0 radical (unpaired) electrons. The minimum Gasteiger partial charge on any atom is -0.399 e. The monoisotopic (exact) mass is 310 g/mol. The van der Waals surface area contributed by atoms with Crippen molar-refractivity contribution in [2.75, 3.05) is 11.1 Å². The van der Waals surface area contributed by atoms with E-state index in [4.69, 9.17) is 5.73 Å². The van der Waals surface area contributed by atoms with Crippen LogP contribution in [0.4, 0.5) is 11.4 Å². The van der Waals surface area contributed by atoms with Crippen molar-refractivity contribution in [3.05, 3.63) is 22.7 Å². The van der Waals surface area contributed by atoms with Gasteiger partial charge in [0.05, 0.1) is 5.69 Å². The first kappa shape index (κ1) is 13.4. The van der Waals surface area contributed by atoms with Crippen LogP contribution in [-0.4, -0.2) is 5.91 Å². The molecule has 1 aliphatic rings. The number of nitrogens with two attached hydrogens (primary N) is 1. The second kappa shape index (κ2) is 6.23. The summed E-state index contributed by atoms with van der Waals surface area (Å²) in [5, 5.41) is 2.91. The zero-order valence-electron chi connectivity index (χ0n) is 10.4. The van der Waals surface area contributed by atoms with Crippen molar-refractivity contribution in [3.63, 3.8) is 0 Å². The van der Waals surface area contributed by atoms with Crippen molar-refractivity contribution in [1.29, 1.82) is 0 Å². The summed E-state index contributed by atoms with van der Waals surface area (Å²) in [6, 6.07) is 5.43. The van der Waals surface area contributed by atoms with Crippen LogP contribution in [-0.2, 0) is 4.79 Å². The van der Waals surface area contributed by atoms with Crippen LogP contribution in [0, 0.1) is 5.92 Å². The number of benzene rings is 1. The minimum atomic E-state index is 0.0770. The minimum absolute atomic E-state index is 0.0770. The van der Waals surface area contributed by atoms with Crippen LogP contribution in [0.5, 0.6) is 0 Å². The smallest absolute Gasteiger partial charge is 0.224 e. The Balaban J connectivity index is 1.84. The highest BCUT2D eigenvalue weighted by molar-refractivity contribution is 9.10. The normalized spacial score (nSPS) is 15.8. The van der Waals surface area contributed by atoms with Gasteiger partial charge < -0.3 is 11.1 Å². The third-order valence-electron chi connectivity index (χ3n) is 3.52. The molecule has 0 aliphatic heterocycles. The average molecular weight is 311 g/mol. The number of carbonyl (C=O) groups is 1. The molecule has 3 N–H and O–H groups in total. The van der Waals surface area contributed by atoms with E-state index in [1.165, 1.54) is 25.7 Å². The molecule has 1 aromatic rings. The first-order valence-electron chi connectivity index (χ1n) is 6.50. The number of nitrogens with one attached hydrogen (secondary N) is 1. The van der Waals surface area contributed by atoms with Gasteiger partial charge in [-0.2, -0.15) is 0 Å². The third-order valence-corrected chi connectivity index (χ3v) is 4.21. The molecule has 0 atom stereocenters. The fourth-order valence-electron chi connectivity index (χ4n) is 2.49. The van der Waals surface area contributed by atoms with E-state index in [1.54, 1.807) is 12.1 Å². The molecule has 0 unspecified atom stereocenters. The fourth-order valence-corrected chi connectivity index (χ4v) is 2.83. The van der Waals surface area contributed by atoms with Crippen LogP contribution < -0.4 is 11.1 Å². The van der Waals surface area contributed by atoms with E-state index < -0.39 is 0 Å². The first-order chi connectivity index (χ1) is 8.65. The van der Waals surface area contributed by atoms with Crippen molar-refractivity contribution >= 4 is 33.2 Å². The Morgan fingerprint density at radius 2 is 2.11 bits per heavy atom. The highest BCUT2D eigenvalue weighted by Gasteiger charge is 2.16. The molecule has 1 aromatic carbocycles. The van der Waals surface area contributed by atoms with Gasteiger partial charge >= 0.3 is 0 Å². The van der Waals surface area contributed by atoms with Crippen LogP contribution in [0.2, 0.25) is 0 Å². The SMILES string of the molecule is Nc1ccc(Br)c(NC(=O)CCC2CCCC2)c1. The van der Waals surface area contributed by atoms with Crippen LogP contribution in [0.1, 0.15) is 38.5 Å². The Bertz CT molecular complexity index is 428. The quantitative estimate of drug-likeness (QED) is 0.828. The van der Waals surface area contributed by atoms with E-state index in [1.807, 2.05) is 6.07 Å². The average Bonchev–Trinajstić information content (AvgIpc) is 2.84. The predicted molar refractivity (Wildman–Crippen MR) is 78.4 cm³/mol. The van der Waals surface area contributed by atoms with Gasteiger partial charge in [-0.05, 0) is 46.5 Å². The lowest BCUT2D eigenvalue weighted by molar-refractivity contribution is -0.116. The Hall–Kier alpha value is -1.03. The molecule has 18 heavy (non-hydrogen) atoms. The summed E-state index contributed by atoms with van der Waals surface area (Å²) in [5.74, 6) is 0.827. The van der Waals surface area contributed by atoms with E-state index in [0.717, 1.165) is 22.5 Å². The molecule has 4 heteroatoms. The summed E-state index contributed by atoms with van der Waals surface area (Å²) >= 11 is 3.41. The summed E-state index contributed by atoms with van der Waals surface area (Å²) in [4.78, 5) is 11.9. The second-order valence-electron chi connectivity index (χ2n) is 4.98. The summed E-state index contributed by atoms with van der Waals surface area (Å²) < 4.78 is 0.867. The topological polar surface area (TPSA) is 55.1 Å². The summed E-state index contributed by atoms with van der Waals surface area (Å²) in [6.45, 7) is 0. The zero-order valence-corrected chi connectivity index (χ0v) is 12.0. The number of hydrogen-bond acceptors (Lipinski definition) is 2. The molecule has 3 nitrogen and oxygen atoms in total. The van der Waals surface area contributed by atoms with E-state index in [2.05, 4.69) is 21.2 Å². The molecule has 0 aromatic heterocycles. The standard InChI is InChI=1S/C14H19BrN2O/c15-12-7-6-11(16)9-13(12)17-14(18)8-5-10-3-1-2-4-10/h6-7,9-10H,1-5,8,16H2,(H,17,18). The number of halogens is 1. The van der Waals surface area contributed by atoms with Crippen LogP contribution >= 0.6 is 15.9 Å². The number of amides is 1. The molecule has 98 valence electrons. The predicted octanol–water partition coefficient (Wildman–Crippen LogP) is 3.94. The highest BCUT2D eigenvalue weighted by atomic mass is 79.9. The van der Waals surface area contributed by atoms with E-state index in [0.29, 0.717) is 12.1 Å². The number of carbonyl (C=O) groups excluding carboxylic acids is 1. The lowest BCUT2D eigenvalue weighted by atomic mass is 10.0. The largest absolute Gasteiger partial charge is 0.399 e. The zero-order chi connectivity index (χ0) is 13.0. The van der Waals surface area contributed by atoms with Gasteiger partial charge in [0, 0.05) is 16.6 Å². The molecule has 0 heterocycles. The van der Waals surface area contributed by atoms with Crippen LogP contribution in [0.15, 0.2) is 22.7 Å². The molecular formula is C14H19BrN2O. The molecule has 1 aliphatic carbocycles. The van der Waals surface area contributed by atoms with Gasteiger partial charge in [0.25, 0.3) is 0 Å². The number of anilines is 2. The highest BCUT2D eigenvalue weighted by Crippen LogP contribution is 2.29. The maximum Gasteiger partial charge on any atom is 0.224 e. The Morgan fingerprint density at radius 3 is 2.83 bits per heavy atom. The van der Waals surface area contributed by atoms with Gasteiger partial charge in [-0.25, -0.2) is 0 Å². The Kier molecular flexibility index (Phi) is 4.64. The molecule has 1 amide bonds. The number of rotatable bonds is 4. The maximum atomic E-state index is 11.9. The van der Waals surface area contributed by atoms with Crippen molar-refractivity contribution in [3.8, 4) is 0 Å². The van der Waals surface area contributed by atoms with Gasteiger partial charge in [-0.3, -0.25) is 4.79 Å². The van der Waals surface area contributed by atoms with Gasteiger partial charge in [0.2, 0.25) is 5.91 Å². The van der Waals surface area contributed by atoms with E-state index in [9.17, 15) is 4.79 Å². The van der Waals surface area contributed by atoms with Gasteiger partial charge in [-0.1, -0.05) is 25.7 Å². The molecule has 1 saturated carbocycles. The first-order valence-corrected chi connectivity index (χ1v) is 7.29. The molecule has 0 spiro atoms. The maximum absolute atomic E-state index is 11.9. The van der Waals surface area contributed by atoms with Crippen molar-refractivity contribution in [2.24, 2.45) is 5.92 Å². The fraction of sp³-hybridized carbons (Fsp3) is 0.500. The molecular weight excluding hydrogens is 292 g/mol. The van der Waals surface area contributed by atoms with Crippen molar-refractivity contribution in [2.45, 2.75) is 38.5 Å². The lowest BCUT2D eigenvalue weighted by Crippen LogP contribution is -2.13. The van der Waals surface area contributed by atoms with E-state index >= 15 is 0 Å². The molecule has 0 saturated heterocycles.